The molecule has 43 heavy (non-hydrogen) atoms. The van der Waals surface area contributed by atoms with E-state index in [2.05, 4.69) is 94.7 Å². The minimum Gasteiger partial charge on any atom is -0.465 e. The molecule has 4 heteroatoms. The summed E-state index contributed by atoms with van der Waals surface area (Å²) in [6.45, 7) is 14.9. The number of likely N-dealkylation sites (N-methyl/N-ethyl adjacent to an activating group) is 1. The number of fused-ring (bicyclic) bond motifs is 3. The molecule has 10 unspecified atom stereocenters. The SMILES string of the molecule is C=C(CC(C)C#N)C1C(C2CCc3c(oc4c3C=CC(C3CC=CCC3)C4)C2C2C=C(C(C)C)C(C)CN2C)C1N(C)C. The molecule has 0 amide bonds. The molecule has 10 atom stereocenters. The number of hydrogen-bond acceptors (Lipinski definition) is 4. The van der Waals surface area contributed by atoms with Gasteiger partial charge < -0.3 is 9.32 Å². The minimum absolute atomic E-state index is 0.0176. The van der Waals surface area contributed by atoms with E-state index in [1.165, 1.54) is 53.9 Å². The molecule has 6 rings (SSSR count). The zero-order valence-electron chi connectivity index (χ0n) is 27.9. The third-order valence-electron chi connectivity index (χ3n) is 11.9. The molecule has 4 aliphatic carbocycles. The summed E-state index contributed by atoms with van der Waals surface area (Å²) in [5.74, 6) is 6.88. The zero-order chi connectivity index (χ0) is 30.6. The second-order valence-corrected chi connectivity index (χ2v) is 15.4. The van der Waals surface area contributed by atoms with Crippen LogP contribution in [-0.4, -0.2) is 49.6 Å². The van der Waals surface area contributed by atoms with E-state index in [1.807, 2.05) is 6.92 Å². The Morgan fingerprint density at radius 2 is 2.00 bits per heavy atom. The Hall–Kier alpha value is -2.35. The van der Waals surface area contributed by atoms with Gasteiger partial charge in [-0.1, -0.05) is 68.9 Å². The molecule has 1 saturated carbocycles. The fraction of sp³-hybridized carbons (Fsp3) is 0.667. The van der Waals surface area contributed by atoms with E-state index in [0.29, 0.717) is 53.5 Å². The normalized spacial score (nSPS) is 36.2. The first-order chi connectivity index (χ1) is 20.6. The van der Waals surface area contributed by atoms with Crippen LogP contribution < -0.4 is 0 Å². The summed E-state index contributed by atoms with van der Waals surface area (Å²) >= 11 is 0. The van der Waals surface area contributed by atoms with Crippen LogP contribution in [0.3, 0.4) is 0 Å². The Bertz CT molecular complexity index is 1340. The van der Waals surface area contributed by atoms with Crippen LogP contribution in [0.1, 0.15) is 88.4 Å². The van der Waals surface area contributed by atoms with Gasteiger partial charge in [-0.2, -0.15) is 5.26 Å². The third kappa shape index (κ3) is 5.66. The van der Waals surface area contributed by atoms with E-state index in [9.17, 15) is 5.26 Å². The van der Waals surface area contributed by atoms with Crippen molar-refractivity contribution in [3.63, 3.8) is 0 Å². The summed E-state index contributed by atoms with van der Waals surface area (Å²) in [6, 6.07) is 3.28. The van der Waals surface area contributed by atoms with E-state index < -0.39 is 0 Å². The average molecular weight is 582 g/mol. The molecular weight excluding hydrogens is 526 g/mol. The maximum Gasteiger partial charge on any atom is 0.113 e. The molecule has 0 spiro atoms. The van der Waals surface area contributed by atoms with Gasteiger partial charge in [-0.05, 0) is 102 Å². The lowest BCUT2D eigenvalue weighted by Gasteiger charge is -2.44. The van der Waals surface area contributed by atoms with Crippen LogP contribution in [0, 0.1) is 58.7 Å². The fourth-order valence-electron chi connectivity index (χ4n) is 9.86. The maximum absolute atomic E-state index is 9.56. The Morgan fingerprint density at radius 1 is 1.21 bits per heavy atom. The van der Waals surface area contributed by atoms with E-state index in [1.54, 1.807) is 5.57 Å². The van der Waals surface area contributed by atoms with Crippen LogP contribution in [0.4, 0.5) is 0 Å². The lowest BCUT2D eigenvalue weighted by atomic mass is 9.68. The second kappa shape index (κ2) is 12.2. The highest BCUT2D eigenvalue weighted by Gasteiger charge is 2.60. The van der Waals surface area contributed by atoms with Crippen molar-refractivity contribution in [2.75, 3.05) is 27.7 Å². The number of hydrogen-bond donors (Lipinski definition) is 0. The predicted octanol–water partition coefficient (Wildman–Crippen LogP) is 8.28. The first kappa shape index (κ1) is 30.7. The molecule has 1 aromatic heterocycles. The lowest BCUT2D eigenvalue weighted by Crippen LogP contribution is -2.46. The van der Waals surface area contributed by atoms with Crippen LogP contribution >= 0.6 is 0 Å². The molecule has 0 saturated heterocycles. The van der Waals surface area contributed by atoms with Crippen LogP contribution in [0.15, 0.2) is 46.4 Å². The van der Waals surface area contributed by atoms with Crippen molar-refractivity contribution in [2.45, 2.75) is 90.6 Å². The van der Waals surface area contributed by atoms with Gasteiger partial charge in [0, 0.05) is 53.9 Å². The van der Waals surface area contributed by atoms with Crippen LogP contribution in [0.2, 0.25) is 0 Å². The molecule has 4 nitrogen and oxygen atoms in total. The summed E-state index contributed by atoms with van der Waals surface area (Å²) in [5, 5.41) is 9.56. The Kier molecular flexibility index (Phi) is 8.71. The van der Waals surface area contributed by atoms with Gasteiger partial charge in [0.2, 0.25) is 0 Å². The largest absolute Gasteiger partial charge is 0.465 e. The van der Waals surface area contributed by atoms with Gasteiger partial charge in [-0.3, -0.25) is 4.90 Å². The topological polar surface area (TPSA) is 43.4 Å². The van der Waals surface area contributed by atoms with Gasteiger partial charge in [0.15, 0.2) is 0 Å². The summed E-state index contributed by atoms with van der Waals surface area (Å²) < 4.78 is 7.16. The Morgan fingerprint density at radius 3 is 2.67 bits per heavy atom. The minimum atomic E-state index is 0.0176. The van der Waals surface area contributed by atoms with Gasteiger partial charge in [-0.25, -0.2) is 0 Å². The highest BCUT2D eigenvalue weighted by molar-refractivity contribution is 5.61. The van der Waals surface area contributed by atoms with Crippen LogP contribution in [0.25, 0.3) is 6.08 Å². The molecule has 1 aliphatic heterocycles. The molecule has 0 bridgehead atoms. The predicted molar refractivity (Wildman–Crippen MR) is 177 cm³/mol. The monoisotopic (exact) mass is 581 g/mol. The van der Waals surface area contributed by atoms with Crippen LogP contribution in [0.5, 0.6) is 0 Å². The Labute approximate surface area is 261 Å². The maximum atomic E-state index is 9.56. The number of nitrogens with zero attached hydrogens (tertiary/aromatic N) is 3. The molecule has 0 aromatic carbocycles. The van der Waals surface area contributed by atoms with E-state index in [4.69, 9.17) is 4.42 Å². The highest BCUT2D eigenvalue weighted by atomic mass is 16.3. The molecule has 0 N–H and O–H groups in total. The highest BCUT2D eigenvalue weighted by Crippen LogP contribution is 2.60. The van der Waals surface area contributed by atoms with E-state index >= 15 is 0 Å². The van der Waals surface area contributed by atoms with Crippen molar-refractivity contribution < 1.29 is 4.42 Å². The summed E-state index contributed by atoms with van der Waals surface area (Å²) in [5.41, 5.74) is 5.79. The van der Waals surface area contributed by atoms with Crippen molar-refractivity contribution >= 4 is 6.08 Å². The number of nitriles is 1. The summed E-state index contributed by atoms with van der Waals surface area (Å²) in [7, 11) is 6.82. The summed E-state index contributed by atoms with van der Waals surface area (Å²) in [6.07, 6.45) is 20.2. The second-order valence-electron chi connectivity index (χ2n) is 15.4. The molecule has 0 radical (unpaired) electrons. The van der Waals surface area contributed by atoms with Crippen molar-refractivity contribution in [3.05, 3.63) is 64.7 Å². The van der Waals surface area contributed by atoms with Crippen molar-refractivity contribution in [1.82, 2.24) is 9.80 Å². The molecule has 2 heterocycles. The third-order valence-corrected chi connectivity index (χ3v) is 11.9. The average Bonchev–Trinajstić information content (AvgIpc) is 3.63. The molecular formula is C39H55N3O. The van der Waals surface area contributed by atoms with Crippen molar-refractivity contribution in [1.29, 1.82) is 5.26 Å². The molecule has 5 aliphatic rings. The van der Waals surface area contributed by atoms with Gasteiger partial charge >= 0.3 is 0 Å². The zero-order valence-corrected chi connectivity index (χ0v) is 27.9. The van der Waals surface area contributed by atoms with Crippen LogP contribution in [-0.2, 0) is 12.8 Å². The lowest BCUT2D eigenvalue weighted by molar-refractivity contribution is 0.138. The Balaban J connectivity index is 1.39. The standard InChI is InChI=1S/C39H55N3O/c1-23(2)32-20-33(42(8)22-26(32)5)36-31(37-35(38(37)41(6)7)25(4)18-24(3)21-40)17-16-30-29-15-14-28(19-34(29)43-39(30)36)27-12-10-9-11-13-27/h9-10,14-15,20,23-24,26-28,31,33,35-38H,4,11-13,16-19,22H2,1-3,5-8H3. The van der Waals surface area contributed by atoms with Crippen molar-refractivity contribution in [3.8, 4) is 6.07 Å². The first-order valence-corrected chi connectivity index (χ1v) is 17.2. The molecule has 1 fully saturated rings. The fourth-order valence-corrected chi connectivity index (χ4v) is 9.86. The van der Waals surface area contributed by atoms with Gasteiger partial charge in [0.25, 0.3) is 0 Å². The van der Waals surface area contributed by atoms with E-state index in [0.717, 1.165) is 31.7 Å². The first-order valence-electron chi connectivity index (χ1n) is 17.2. The van der Waals surface area contributed by atoms with Gasteiger partial charge in [0.05, 0.1) is 6.07 Å². The number of allylic oxidation sites excluding steroid dienone is 3. The summed E-state index contributed by atoms with van der Waals surface area (Å²) in [4.78, 5) is 5.07. The number of furan rings is 1. The molecule has 1 aromatic rings. The van der Waals surface area contributed by atoms with Gasteiger partial charge in [-0.15, -0.1) is 0 Å². The number of rotatable bonds is 8. The quantitative estimate of drug-likeness (QED) is 0.290. The van der Waals surface area contributed by atoms with Gasteiger partial charge in [0.1, 0.15) is 11.5 Å². The molecule has 232 valence electrons. The smallest absolute Gasteiger partial charge is 0.113 e. The van der Waals surface area contributed by atoms with Crippen molar-refractivity contribution in [2.24, 2.45) is 47.3 Å². The van der Waals surface area contributed by atoms with E-state index in [-0.39, 0.29) is 5.92 Å².